The highest BCUT2D eigenvalue weighted by atomic mass is 32.1. The number of rotatable bonds is 3. The van der Waals surface area contributed by atoms with Crippen molar-refractivity contribution in [2.75, 3.05) is 13.1 Å². The van der Waals surface area contributed by atoms with Crippen LogP contribution < -0.4 is 0 Å². The molecule has 0 spiro atoms. The summed E-state index contributed by atoms with van der Waals surface area (Å²) in [4.78, 5) is 2.42. The van der Waals surface area contributed by atoms with E-state index in [0.717, 1.165) is 19.4 Å². The standard InChI is InChI=1S/C12H15N3O3S/c16-9-3-1-5-14(7-9)8-15-12(19)18-11(13-15)10-4-2-6-17-10/h2,4,6,9,16H,1,3,5,7-8H2. The first-order valence-electron chi connectivity index (χ1n) is 6.24. The van der Waals surface area contributed by atoms with Gasteiger partial charge >= 0.3 is 0 Å². The molecular formula is C12H15N3O3S. The van der Waals surface area contributed by atoms with Crippen LogP contribution >= 0.6 is 12.2 Å². The van der Waals surface area contributed by atoms with Crippen molar-refractivity contribution in [3.05, 3.63) is 23.2 Å². The predicted octanol–water partition coefficient (Wildman–Crippen LogP) is 1.88. The Bertz CT molecular complexity index is 590. The summed E-state index contributed by atoms with van der Waals surface area (Å²) in [6.45, 7) is 2.10. The van der Waals surface area contributed by atoms with Crippen LogP contribution in [0.25, 0.3) is 11.7 Å². The van der Waals surface area contributed by atoms with Crippen LogP contribution in [0.4, 0.5) is 0 Å². The van der Waals surface area contributed by atoms with Crippen LogP contribution in [0, 0.1) is 4.84 Å². The monoisotopic (exact) mass is 281 g/mol. The fourth-order valence-electron chi connectivity index (χ4n) is 2.24. The van der Waals surface area contributed by atoms with Crippen LogP contribution in [-0.4, -0.2) is 39.0 Å². The van der Waals surface area contributed by atoms with E-state index in [1.165, 1.54) is 0 Å². The third kappa shape index (κ3) is 2.78. The number of hydrogen-bond donors (Lipinski definition) is 1. The molecule has 0 aromatic carbocycles. The zero-order valence-electron chi connectivity index (χ0n) is 10.4. The molecule has 0 amide bonds. The van der Waals surface area contributed by atoms with E-state index < -0.39 is 0 Å². The number of nitrogens with zero attached hydrogens (tertiary/aromatic N) is 3. The number of aliphatic hydroxyl groups excluding tert-OH is 1. The van der Waals surface area contributed by atoms with E-state index in [0.29, 0.717) is 29.7 Å². The number of furan rings is 1. The minimum atomic E-state index is -0.264. The smallest absolute Gasteiger partial charge is 0.288 e. The van der Waals surface area contributed by atoms with Crippen LogP contribution in [0.1, 0.15) is 12.8 Å². The first kappa shape index (κ1) is 12.6. The predicted molar refractivity (Wildman–Crippen MR) is 69.8 cm³/mol. The molecule has 3 rings (SSSR count). The maximum Gasteiger partial charge on any atom is 0.288 e. The highest BCUT2D eigenvalue weighted by molar-refractivity contribution is 7.71. The molecule has 1 aliphatic heterocycles. The van der Waals surface area contributed by atoms with Gasteiger partial charge in [-0.15, -0.1) is 5.10 Å². The number of likely N-dealkylation sites (tertiary alicyclic amines) is 1. The first-order chi connectivity index (χ1) is 9.22. The van der Waals surface area contributed by atoms with Gasteiger partial charge in [-0.3, -0.25) is 4.90 Å². The van der Waals surface area contributed by atoms with E-state index in [-0.39, 0.29) is 6.10 Å². The molecule has 19 heavy (non-hydrogen) atoms. The van der Waals surface area contributed by atoms with Crippen LogP contribution in [-0.2, 0) is 6.67 Å². The van der Waals surface area contributed by atoms with Crippen molar-refractivity contribution >= 4 is 12.2 Å². The summed E-state index contributed by atoms with van der Waals surface area (Å²) in [5.41, 5.74) is 0. The van der Waals surface area contributed by atoms with E-state index in [2.05, 4.69) is 10.00 Å². The van der Waals surface area contributed by atoms with Crippen molar-refractivity contribution in [2.45, 2.75) is 25.6 Å². The first-order valence-corrected chi connectivity index (χ1v) is 6.65. The number of aliphatic hydroxyl groups is 1. The third-order valence-corrected chi connectivity index (χ3v) is 3.45. The topological polar surface area (TPSA) is 67.6 Å². The molecule has 102 valence electrons. The molecule has 2 aromatic heterocycles. The normalized spacial score (nSPS) is 20.8. The van der Waals surface area contributed by atoms with Gasteiger partial charge in [0.25, 0.3) is 10.7 Å². The fourth-order valence-corrected chi connectivity index (χ4v) is 2.42. The van der Waals surface area contributed by atoms with Crippen molar-refractivity contribution in [3.8, 4) is 11.7 Å². The second kappa shape index (κ2) is 5.28. The number of piperidine rings is 1. The van der Waals surface area contributed by atoms with Gasteiger partial charge in [-0.05, 0) is 37.2 Å². The van der Waals surface area contributed by atoms with Gasteiger partial charge in [0.2, 0.25) is 0 Å². The molecule has 1 saturated heterocycles. The Morgan fingerprint density at radius 2 is 2.42 bits per heavy atom. The van der Waals surface area contributed by atoms with Gasteiger partial charge in [0.1, 0.15) is 0 Å². The Labute approximate surface area is 115 Å². The van der Waals surface area contributed by atoms with E-state index >= 15 is 0 Å². The molecule has 1 unspecified atom stereocenters. The molecule has 1 aliphatic rings. The van der Waals surface area contributed by atoms with E-state index in [1.54, 1.807) is 23.1 Å². The molecule has 1 fully saturated rings. The maximum atomic E-state index is 9.65. The Kier molecular flexibility index (Phi) is 3.50. The molecule has 7 heteroatoms. The molecule has 2 aromatic rings. The van der Waals surface area contributed by atoms with Gasteiger partial charge in [0.15, 0.2) is 5.76 Å². The quantitative estimate of drug-likeness (QED) is 0.866. The average molecular weight is 281 g/mol. The molecule has 1 N–H and O–H groups in total. The van der Waals surface area contributed by atoms with Crippen LogP contribution in [0.2, 0.25) is 0 Å². The average Bonchev–Trinajstić information content (AvgIpc) is 3.00. The fraction of sp³-hybridized carbons (Fsp3) is 0.500. The Hall–Kier alpha value is -1.44. The second-order valence-electron chi connectivity index (χ2n) is 4.66. The Balaban J connectivity index is 1.76. The van der Waals surface area contributed by atoms with Crippen LogP contribution in [0.5, 0.6) is 0 Å². The van der Waals surface area contributed by atoms with Gasteiger partial charge in [-0.2, -0.15) is 0 Å². The number of aromatic nitrogens is 2. The number of hydrogen-bond acceptors (Lipinski definition) is 6. The lowest BCUT2D eigenvalue weighted by molar-refractivity contribution is 0.0509. The van der Waals surface area contributed by atoms with E-state index in [1.807, 2.05) is 0 Å². The summed E-state index contributed by atoms with van der Waals surface area (Å²) in [5.74, 6) is 0.941. The van der Waals surface area contributed by atoms with Crippen molar-refractivity contribution in [1.29, 1.82) is 0 Å². The molecule has 0 saturated carbocycles. The lowest BCUT2D eigenvalue weighted by Crippen LogP contribution is -2.39. The van der Waals surface area contributed by atoms with Crippen molar-refractivity contribution in [3.63, 3.8) is 0 Å². The van der Waals surface area contributed by atoms with Gasteiger partial charge in [-0.25, -0.2) is 4.68 Å². The van der Waals surface area contributed by atoms with Crippen molar-refractivity contribution < 1.29 is 13.9 Å². The number of β-amino-alcohol motifs (C(OH)–C–C–N with tert-alkyl or cyclic N) is 1. The second-order valence-corrected chi connectivity index (χ2v) is 5.01. The molecule has 6 nitrogen and oxygen atoms in total. The van der Waals surface area contributed by atoms with Gasteiger partial charge < -0.3 is 13.9 Å². The Morgan fingerprint density at radius 1 is 1.53 bits per heavy atom. The largest absolute Gasteiger partial charge is 0.459 e. The molecule has 0 aliphatic carbocycles. The summed E-state index contributed by atoms with van der Waals surface area (Å²) >= 11 is 5.15. The van der Waals surface area contributed by atoms with Crippen LogP contribution in [0.3, 0.4) is 0 Å². The lowest BCUT2D eigenvalue weighted by atomic mass is 10.1. The van der Waals surface area contributed by atoms with Crippen molar-refractivity contribution in [2.24, 2.45) is 0 Å². The molecule has 0 bridgehead atoms. The van der Waals surface area contributed by atoms with E-state index in [9.17, 15) is 5.11 Å². The summed E-state index contributed by atoms with van der Waals surface area (Å²) in [6, 6.07) is 3.55. The molecule has 3 heterocycles. The van der Waals surface area contributed by atoms with Crippen molar-refractivity contribution in [1.82, 2.24) is 14.7 Å². The SMILES string of the molecule is OC1CCCN(Cn2nc(-c3ccco3)oc2=S)C1. The van der Waals surface area contributed by atoms with Crippen LogP contribution in [0.15, 0.2) is 27.2 Å². The van der Waals surface area contributed by atoms with Gasteiger partial charge in [-0.1, -0.05) is 0 Å². The van der Waals surface area contributed by atoms with Gasteiger partial charge in [0.05, 0.1) is 19.0 Å². The zero-order chi connectivity index (χ0) is 13.2. The molecular weight excluding hydrogens is 266 g/mol. The minimum absolute atomic E-state index is 0.264. The zero-order valence-corrected chi connectivity index (χ0v) is 11.2. The summed E-state index contributed by atoms with van der Waals surface area (Å²) in [5, 5.41) is 13.9. The molecule has 1 atom stereocenters. The van der Waals surface area contributed by atoms with E-state index in [4.69, 9.17) is 21.1 Å². The third-order valence-electron chi connectivity index (χ3n) is 3.15. The minimum Gasteiger partial charge on any atom is -0.459 e. The summed E-state index contributed by atoms with van der Waals surface area (Å²) in [6.07, 6.45) is 3.14. The summed E-state index contributed by atoms with van der Waals surface area (Å²) in [7, 11) is 0. The highest BCUT2D eigenvalue weighted by Crippen LogP contribution is 2.18. The lowest BCUT2D eigenvalue weighted by Gasteiger charge is -2.29. The molecule has 0 radical (unpaired) electrons. The van der Waals surface area contributed by atoms with Gasteiger partial charge in [0, 0.05) is 13.1 Å². The maximum absolute atomic E-state index is 9.65. The Morgan fingerprint density at radius 3 is 3.16 bits per heavy atom. The highest BCUT2D eigenvalue weighted by Gasteiger charge is 2.19. The summed E-state index contributed by atoms with van der Waals surface area (Å²) < 4.78 is 12.3.